The van der Waals surface area contributed by atoms with Crippen LogP contribution in [0.4, 0.5) is 5.69 Å². The van der Waals surface area contributed by atoms with Gasteiger partial charge in [-0.2, -0.15) is 5.26 Å². The molecule has 1 aromatic heterocycles. The lowest BCUT2D eigenvalue weighted by Gasteiger charge is -2.07. The highest BCUT2D eigenvalue weighted by atomic mass is 32.2. The van der Waals surface area contributed by atoms with Crippen molar-refractivity contribution >= 4 is 33.7 Å². The van der Waals surface area contributed by atoms with Gasteiger partial charge in [0.25, 0.3) is 0 Å². The number of imidazole rings is 1. The van der Waals surface area contributed by atoms with E-state index in [1.54, 1.807) is 6.33 Å². The van der Waals surface area contributed by atoms with Crippen LogP contribution in [0, 0.1) is 25.3 Å². The van der Waals surface area contributed by atoms with Gasteiger partial charge in [-0.05, 0) is 37.3 Å². The van der Waals surface area contributed by atoms with Gasteiger partial charge in [-0.25, -0.2) is 9.98 Å². The number of rotatable bonds is 1. The molecule has 0 atom stereocenters. The molecule has 0 unspecified atom stereocenters. The van der Waals surface area contributed by atoms with Crippen molar-refractivity contribution in [1.29, 1.82) is 5.26 Å². The van der Waals surface area contributed by atoms with Gasteiger partial charge in [-0.3, -0.25) is 5.32 Å². The van der Waals surface area contributed by atoms with Crippen LogP contribution >= 0.6 is 11.8 Å². The summed E-state index contributed by atoms with van der Waals surface area (Å²) in [5.41, 5.74) is 4.79. The molecule has 92 valence electrons. The third-order valence-corrected chi connectivity index (χ3v) is 3.35. The van der Waals surface area contributed by atoms with E-state index >= 15 is 0 Å². The Bertz CT molecular complexity index is 650. The van der Waals surface area contributed by atoms with Crippen molar-refractivity contribution in [3.8, 4) is 6.19 Å². The number of thioether (sulfide) groups is 1. The van der Waals surface area contributed by atoms with Gasteiger partial charge in [-0.1, -0.05) is 11.8 Å². The largest absolute Gasteiger partial charge is 0.345 e. The first-order valence-corrected chi connectivity index (χ1v) is 6.61. The van der Waals surface area contributed by atoms with Crippen LogP contribution in [0.15, 0.2) is 17.4 Å². The number of amidine groups is 1. The second-order valence-electron chi connectivity index (χ2n) is 3.82. The molecule has 18 heavy (non-hydrogen) atoms. The van der Waals surface area contributed by atoms with E-state index in [0.717, 1.165) is 27.8 Å². The smallest absolute Gasteiger partial charge is 0.183 e. The number of fused-ring (bicyclic) bond motifs is 1. The Balaban J connectivity index is 2.65. The minimum atomic E-state index is 0.565. The number of nitrogens with one attached hydrogen (secondary N) is 2. The first kappa shape index (κ1) is 12.5. The van der Waals surface area contributed by atoms with Gasteiger partial charge in [-0.15, -0.1) is 0 Å². The second kappa shape index (κ2) is 5.10. The molecular formula is C12H13N5S. The van der Waals surface area contributed by atoms with Gasteiger partial charge < -0.3 is 4.98 Å². The zero-order chi connectivity index (χ0) is 13.1. The van der Waals surface area contributed by atoms with Crippen LogP contribution in [0.25, 0.3) is 11.0 Å². The highest BCUT2D eigenvalue weighted by Gasteiger charge is 2.10. The molecule has 0 spiro atoms. The second-order valence-corrected chi connectivity index (χ2v) is 4.62. The van der Waals surface area contributed by atoms with Crippen LogP contribution in [-0.4, -0.2) is 21.4 Å². The molecule has 1 heterocycles. The predicted octanol–water partition coefficient (Wildman–Crippen LogP) is 2.60. The number of aliphatic imine (C=N–C) groups is 1. The van der Waals surface area contributed by atoms with Crippen LogP contribution in [0.1, 0.15) is 11.1 Å². The maximum Gasteiger partial charge on any atom is 0.183 e. The topological polar surface area (TPSA) is 76.9 Å². The van der Waals surface area contributed by atoms with Crippen molar-refractivity contribution < 1.29 is 0 Å². The fraction of sp³-hybridized carbons (Fsp3) is 0.250. The van der Waals surface area contributed by atoms with Crippen molar-refractivity contribution in [2.45, 2.75) is 13.8 Å². The Labute approximate surface area is 109 Å². The molecule has 1 aromatic carbocycles. The summed E-state index contributed by atoms with van der Waals surface area (Å²) >= 11 is 1.39. The van der Waals surface area contributed by atoms with Gasteiger partial charge in [0, 0.05) is 0 Å². The summed E-state index contributed by atoms with van der Waals surface area (Å²) < 4.78 is 0. The highest BCUT2D eigenvalue weighted by Crippen LogP contribution is 2.30. The molecule has 0 radical (unpaired) electrons. The Morgan fingerprint density at radius 2 is 2.33 bits per heavy atom. The van der Waals surface area contributed by atoms with Crippen molar-refractivity contribution in [3.63, 3.8) is 0 Å². The van der Waals surface area contributed by atoms with Crippen LogP contribution in [-0.2, 0) is 0 Å². The zero-order valence-corrected chi connectivity index (χ0v) is 11.2. The van der Waals surface area contributed by atoms with E-state index in [9.17, 15) is 0 Å². The zero-order valence-electron chi connectivity index (χ0n) is 10.4. The maximum absolute atomic E-state index is 8.67. The molecule has 0 aliphatic carbocycles. The molecule has 6 heteroatoms. The molecule has 2 rings (SSSR count). The fourth-order valence-corrected chi connectivity index (χ4v) is 2.03. The standard InChI is InChI=1S/C12H13N5S/c1-7-4-9-11(16-6-15-9)10(8(7)2)17-12(18-3)14-5-13/h4,6H,1-3H3,(H,14,17)(H,15,16). The number of benzene rings is 1. The van der Waals surface area contributed by atoms with Gasteiger partial charge in [0.05, 0.1) is 17.5 Å². The molecule has 0 saturated carbocycles. The average Bonchev–Trinajstić information content (AvgIpc) is 2.81. The lowest BCUT2D eigenvalue weighted by Crippen LogP contribution is -2.12. The number of hydrogen-bond acceptors (Lipinski definition) is 4. The van der Waals surface area contributed by atoms with Gasteiger partial charge in [0.15, 0.2) is 11.4 Å². The van der Waals surface area contributed by atoms with Crippen molar-refractivity contribution in [1.82, 2.24) is 15.3 Å². The first-order chi connectivity index (χ1) is 8.67. The Morgan fingerprint density at radius 3 is 3.00 bits per heavy atom. The van der Waals surface area contributed by atoms with Crippen molar-refractivity contribution in [3.05, 3.63) is 23.5 Å². The van der Waals surface area contributed by atoms with Gasteiger partial charge in [0.2, 0.25) is 0 Å². The van der Waals surface area contributed by atoms with Crippen molar-refractivity contribution in [2.24, 2.45) is 4.99 Å². The quantitative estimate of drug-likeness (QED) is 0.357. The lowest BCUT2D eigenvalue weighted by atomic mass is 10.1. The maximum atomic E-state index is 8.67. The van der Waals surface area contributed by atoms with Crippen LogP contribution in [0.5, 0.6) is 0 Å². The number of H-pyrrole nitrogens is 1. The number of aromatic amines is 1. The van der Waals surface area contributed by atoms with E-state index in [0.29, 0.717) is 5.17 Å². The molecule has 5 nitrogen and oxygen atoms in total. The summed E-state index contributed by atoms with van der Waals surface area (Å²) in [6.45, 7) is 4.04. The summed E-state index contributed by atoms with van der Waals surface area (Å²) in [5, 5.41) is 11.8. The highest BCUT2D eigenvalue weighted by molar-refractivity contribution is 8.13. The SMILES string of the molecule is CSC(=Nc1c(C)c(C)cc2[nH]cnc12)NC#N. The minimum Gasteiger partial charge on any atom is -0.345 e. The lowest BCUT2D eigenvalue weighted by molar-refractivity contribution is 1.26. The molecule has 0 saturated heterocycles. The van der Waals surface area contributed by atoms with E-state index in [-0.39, 0.29) is 0 Å². The van der Waals surface area contributed by atoms with E-state index in [4.69, 9.17) is 5.26 Å². The fourth-order valence-electron chi connectivity index (χ4n) is 1.70. The van der Waals surface area contributed by atoms with E-state index < -0.39 is 0 Å². The number of nitrogens with zero attached hydrogens (tertiary/aromatic N) is 3. The number of aryl methyl sites for hydroxylation is 1. The summed E-state index contributed by atoms with van der Waals surface area (Å²) in [5.74, 6) is 0. The molecule has 0 aliphatic rings. The van der Waals surface area contributed by atoms with Crippen molar-refractivity contribution in [2.75, 3.05) is 6.26 Å². The van der Waals surface area contributed by atoms with E-state index in [2.05, 4.69) is 20.3 Å². The molecule has 2 N–H and O–H groups in total. The van der Waals surface area contributed by atoms with Gasteiger partial charge in [0.1, 0.15) is 5.52 Å². The Kier molecular flexibility index (Phi) is 3.53. The molecule has 0 fully saturated rings. The third-order valence-electron chi connectivity index (χ3n) is 2.77. The molecule has 0 aliphatic heterocycles. The van der Waals surface area contributed by atoms with Crippen LogP contribution < -0.4 is 5.32 Å². The Morgan fingerprint density at radius 1 is 1.56 bits per heavy atom. The number of nitriles is 1. The average molecular weight is 259 g/mol. The molecular weight excluding hydrogens is 246 g/mol. The summed E-state index contributed by atoms with van der Waals surface area (Å²) in [6.07, 6.45) is 5.41. The number of aromatic nitrogens is 2. The Hall–Kier alpha value is -2.00. The minimum absolute atomic E-state index is 0.565. The van der Waals surface area contributed by atoms with Gasteiger partial charge >= 0.3 is 0 Å². The monoisotopic (exact) mass is 259 g/mol. The van der Waals surface area contributed by atoms with E-state index in [1.165, 1.54) is 11.8 Å². The van der Waals surface area contributed by atoms with E-state index in [1.807, 2.05) is 32.4 Å². The molecule has 2 aromatic rings. The third kappa shape index (κ3) is 2.17. The molecule has 0 bridgehead atoms. The van der Waals surface area contributed by atoms with Crippen LogP contribution in [0.3, 0.4) is 0 Å². The molecule has 0 amide bonds. The number of hydrogen-bond donors (Lipinski definition) is 2. The summed E-state index contributed by atoms with van der Waals surface area (Å²) in [7, 11) is 0. The normalized spacial score (nSPS) is 11.6. The summed E-state index contributed by atoms with van der Waals surface area (Å²) in [6, 6.07) is 2.05. The summed E-state index contributed by atoms with van der Waals surface area (Å²) in [4.78, 5) is 11.9. The first-order valence-electron chi connectivity index (χ1n) is 5.38. The van der Waals surface area contributed by atoms with Crippen LogP contribution in [0.2, 0.25) is 0 Å². The predicted molar refractivity (Wildman–Crippen MR) is 74.9 cm³/mol.